The van der Waals surface area contributed by atoms with Crippen LogP contribution in [0.2, 0.25) is 0 Å². The molecule has 3 unspecified atom stereocenters. The van der Waals surface area contributed by atoms with Crippen LogP contribution in [0.1, 0.15) is 77.6 Å². The molecule has 2 aliphatic rings. The summed E-state index contributed by atoms with van der Waals surface area (Å²) in [5, 5.41) is 0. The average molecular weight is 929 g/mol. The van der Waals surface area contributed by atoms with Gasteiger partial charge in [-0.3, -0.25) is 9.59 Å². The summed E-state index contributed by atoms with van der Waals surface area (Å²) < 4.78 is 57.8. The van der Waals surface area contributed by atoms with Gasteiger partial charge in [0.05, 0.1) is 123 Å². The van der Waals surface area contributed by atoms with E-state index >= 15 is 0 Å². The van der Waals surface area contributed by atoms with Gasteiger partial charge < -0.3 is 56.3 Å². The number of hydrogen-bond donors (Lipinski definition) is 0. The lowest BCUT2D eigenvalue weighted by Gasteiger charge is -2.46. The van der Waals surface area contributed by atoms with Crippen molar-refractivity contribution < 1.29 is 65.9 Å². The molecule has 0 aliphatic carbocycles. The van der Waals surface area contributed by atoms with Crippen LogP contribution in [-0.4, -0.2) is 131 Å². The molecule has 0 amide bonds. The Labute approximate surface area is 397 Å². The maximum atomic E-state index is 13.2. The minimum atomic E-state index is -0.215. The molecule has 0 radical (unpaired) electrons. The van der Waals surface area contributed by atoms with Crippen molar-refractivity contribution in [3.8, 4) is 46.0 Å². The van der Waals surface area contributed by atoms with Crippen LogP contribution < -0.4 is 37.9 Å². The minimum Gasteiger partial charge on any atom is -0.493 e. The molecule has 4 atom stereocenters. The Balaban J connectivity index is 0.987. The lowest BCUT2D eigenvalue weighted by molar-refractivity contribution is -0.940. The molecular weight excluding hydrogens is 857 g/mol. The molecule has 364 valence electrons. The molecule has 0 aromatic heterocycles. The second-order valence-corrected chi connectivity index (χ2v) is 18.0. The second kappa shape index (κ2) is 23.2. The Morgan fingerprint density at radius 1 is 0.463 bits per heavy atom. The monoisotopic (exact) mass is 929 g/mol. The van der Waals surface area contributed by atoms with Crippen molar-refractivity contribution in [3.63, 3.8) is 0 Å². The van der Waals surface area contributed by atoms with Gasteiger partial charge in [-0.2, -0.15) is 0 Å². The van der Waals surface area contributed by atoms with Gasteiger partial charge in [0.15, 0.2) is 46.0 Å². The molecule has 0 saturated carbocycles. The van der Waals surface area contributed by atoms with Crippen molar-refractivity contribution in [1.29, 1.82) is 0 Å². The summed E-state index contributed by atoms with van der Waals surface area (Å²) in [5.74, 6) is 5.06. The van der Waals surface area contributed by atoms with Crippen LogP contribution >= 0.6 is 0 Å². The fraction of sp³-hybridized carbons (Fsp3) is 0.509. The van der Waals surface area contributed by atoms with Crippen molar-refractivity contribution in [2.45, 2.75) is 69.9 Å². The van der Waals surface area contributed by atoms with Crippen LogP contribution in [0.4, 0.5) is 0 Å². The number of fused-ring (bicyclic) bond motifs is 2. The Hall–Kier alpha value is -5.86. The highest BCUT2D eigenvalue weighted by Crippen LogP contribution is 2.45. The van der Waals surface area contributed by atoms with E-state index in [1.54, 1.807) is 56.9 Å². The Morgan fingerprint density at radius 3 is 1.16 bits per heavy atom. The summed E-state index contributed by atoms with van der Waals surface area (Å²) in [6, 6.07) is 20.5. The smallest absolute Gasteiger partial charge is 0.311 e. The quantitative estimate of drug-likeness (QED) is 0.0383. The lowest BCUT2D eigenvalue weighted by atomic mass is 9.86. The molecule has 4 aromatic rings. The third-order valence-corrected chi connectivity index (χ3v) is 14.0. The standard InChI is InChI=1S/C53H72N2O12/c1-54(22-18-38-32-48(62-7)50(64-9)34-40(38)42(54)28-36-14-16-44(58-3)46(30-36)60-5)24-20-52(56)66-26-12-11-13-27-67-53(57)21-25-55(2)23-19-39-33-49(63-8)51(65-10)35-41(39)43(55)29-37-15-17-45(59-4)47(31-37)61-6/h14-17,30-35,42-43H,11-13,18-29H2,1-10H3/q+2/t42-,43?,54?,55?/m1/s1. The Morgan fingerprint density at radius 2 is 0.806 bits per heavy atom. The third-order valence-electron chi connectivity index (χ3n) is 14.0. The van der Waals surface area contributed by atoms with Gasteiger partial charge in [0, 0.05) is 36.8 Å². The summed E-state index contributed by atoms with van der Waals surface area (Å²) in [5.41, 5.74) is 7.00. The number of nitrogens with zero attached hydrogens (tertiary/aromatic N) is 2. The number of quaternary nitrogens is 2. The second-order valence-electron chi connectivity index (χ2n) is 18.0. The number of methoxy groups -OCH3 is 8. The molecule has 14 nitrogen and oxygen atoms in total. The maximum Gasteiger partial charge on any atom is 0.311 e. The van der Waals surface area contributed by atoms with E-state index in [1.807, 2.05) is 24.3 Å². The number of unbranched alkanes of at least 4 members (excludes halogenated alkanes) is 2. The molecule has 4 aromatic carbocycles. The molecule has 2 heterocycles. The van der Waals surface area contributed by atoms with E-state index in [1.165, 1.54) is 22.3 Å². The fourth-order valence-electron chi connectivity index (χ4n) is 9.91. The molecule has 14 heteroatoms. The topological polar surface area (TPSA) is 126 Å². The van der Waals surface area contributed by atoms with Crippen LogP contribution in [0.5, 0.6) is 46.0 Å². The molecule has 0 spiro atoms. The van der Waals surface area contributed by atoms with Crippen molar-refractivity contribution in [3.05, 3.63) is 94.0 Å². The number of esters is 2. The van der Waals surface area contributed by atoms with Crippen molar-refractivity contribution in [1.82, 2.24) is 0 Å². The molecule has 2 aliphatic heterocycles. The van der Waals surface area contributed by atoms with Gasteiger partial charge >= 0.3 is 11.9 Å². The lowest BCUT2D eigenvalue weighted by Crippen LogP contribution is -2.53. The van der Waals surface area contributed by atoms with E-state index in [4.69, 9.17) is 47.4 Å². The van der Waals surface area contributed by atoms with Crippen LogP contribution in [-0.2, 0) is 44.7 Å². The normalized spacial score (nSPS) is 19.6. The molecule has 0 saturated heterocycles. The van der Waals surface area contributed by atoms with Crippen molar-refractivity contribution in [2.24, 2.45) is 0 Å². The zero-order chi connectivity index (χ0) is 48.1. The van der Waals surface area contributed by atoms with Gasteiger partial charge in [-0.15, -0.1) is 0 Å². The number of carbonyl (C=O) groups is 2. The summed E-state index contributed by atoms with van der Waals surface area (Å²) in [6.07, 6.45) is 5.85. The van der Waals surface area contributed by atoms with E-state index in [0.29, 0.717) is 107 Å². The van der Waals surface area contributed by atoms with Crippen molar-refractivity contribution in [2.75, 3.05) is 110 Å². The van der Waals surface area contributed by atoms with Crippen LogP contribution in [0.15, 0.2) is 60.7 Å². The summed E-state index contributed by atoms with van der Waals surface area (Å²) in [4.78, 5) is 26.4. The van der Waals surface area contributed by atoms with Gasteiger partial charge in [-0.1, -0.05) is 12.1 Å². The largest absolute Gasteiger partial charge is 0.493 e. The first-order valence-corrected chi connectivity index (χ1v) is 23.3. The fourth-order valence-corrected chi connectivity index (χ4v) is 9.91. The van der Waals surface area contributed by atoms with Crippen LogP contribution in [0, 0.1) is 0 Å². The molecule has 0 bridgehead atoms. The van der Waals surface area contributed by atoms with Crippen LogP contribution in [0.25, 0.3) is 0 Å². The number of rotatable bonds is 24. The summed E-state index contributed by atoms with van der Waals surface area (Å²) in [7, 11) is 17.6. The zero-order valence-electron chi connectivity index (χ0n) is 41.3. The Kier molecular flexibility index (Phi) is 17.5. The number of ether oxygens (including phenoxy) is 10. The van der Waals surface area contributed by atoms with Gasteiger partial charge in [0.1, 0.15) is 12.1 Å². The Bertz CT molecular complexity index is 2160. The van der Waals surface area contributed by atoms with E-state index in [-0.39, 0.29) is 24.0 Å². The molecule has 67 heavy (non-hydrogen) atoms. The van der Waals surface area contributed by atoms with E-state index in [2.05, 4.69) is 50.5 Å². The first-order valence-electron chi connectivity index (χ1n) is 23.3. The van der Waals surface area contributed by atoms with E-state index in [9.17, 15) is 9.59 Å². The van der Waals surface area contributed by atoms with Gasteiger partial charge in [-0.25, -0.2) is 0 Å². The number of likely N-dealkylation sites (N-methyl/N-ethyl adjacent to an activating group) is 2. The first kappa shape index (κ1) is 50.6. The predicted octanol–water partition coefficient (Wildman–Crippen LogP) is 8.07. The number of benzene rings is 4. The highest BCUT2D eigenvalue weighted by atomic mass is 16.5. The van der Waals surface area contributed by atoms with Gasteiger partial charge in [0.2, 0.25) is 0 Å². The van der Waals surface area contributed by atoms with Gasteiger partial charge in [0.25, 0.3) is 0 Å². The third kappa shape index (κ3) is 12.0. The first-order chi connectivity index (χ1) is 32.4. The number of hydrogen-bond acceptors (Lipinski definition) is 12. The van der Waals surface area contributed by atoms with E-state index < -0.39 is 0 Å². The molecule has 6 rings (SSSR count). The average Bonchev–Trinajstić information content (AvgIpc) is 3.35. The van der Waals surface area contributed by atoms with Crippen LogP contribution in [0.3, 0.4) is 0 Å². The highest BCUT2D eigenvalue weighted by Gasteiger charge is 2.42. The zero-order valence-corrected chi connectivity index (χ0v) is 41.3. The highest BCUT2D eigenvalue weighted by molar-refractivity contribution is 5.69. The van der Waals surface area contributed by atoms with Gasteiger partial charge in [-0.05, 0) is 90.0 Å². The van der Waals surface area contributed by atoms with E-state index in [0.717, 1.165) is 56.3 Å². The predicted molar refractivity (Wildman–Crippen MR) is 255 cm³/mol. The minimum absolute atomic E-state index is 0.0393. The summed E-state index contributed by atoms with van der Waals surface area (Å²) >= 11 is 0. The molecule has 0 fully saturated rings. The summed E-state index contributed by atoms with van der Waals surface area (Å²) in [6.45, 7) is 3.57. The maximum absolute atomic E-state index is 13.2. The number of carbonyl (C=O) groups excluding carboxylic acids is 2. The molecule has 0 N–H and O–H groups in total. The molecular formula is C53H72N2O12+2. The van der Waals surface area contributed by atoms with Crippen molar-refractivity contribution >= 4 is 11.9 Å². The SMILES string of the molecule is COc1ccc(CC2c3cc(OC)c(OC)cc3CC[N+]2(C)CCC(=O)OCCCCCOC(=O)CC[N+]2(C)CCc3cc(OC)c(OC)cc3[C@H]2Cc2ccc(OC)c(OC)c2)cc1OC.